The summed E-state index contributed by atoms with van der Waals surface area (Å²) in [5.41, 5.74) is 3.39. The summed E-state index contributed by atoms with van der Waals surface area (Å²) in [6, 6.07) is 11.2. The number of hydrogen-bond acceptors (Lipinski definition) is 5. The third kappa shape index (κ3) is 3.46. The molecule has 0 saturated heterocycles. The molecule has 0 aliphatic rings. The van der Waals surface area contributed by atoms with Gasteiger partial charge in [-0.15, -0.1) is 5.10 Å². The van der Waals surface area contributed by atoms with Gasteiger partial charge in [0.15, 0.2) is 0 Å². The number of nitrogens with one attached hydrogen (secondary N) is 2. The van der Waals surface area contributed by atoms with Crippen LogP contribution in [0, 0.1) is 6.92 Å². The maximum absolute atomic E-state index is 12.9. The number of nitrogens with zero attached hydrogens (tertiary/aromatic N) is 5. The van der Waals surface area contributed by atoms with Gasteiger partial charge in [0.1, 0.15) is 5.82 Å². The van der Waals surface area contributed by atoms with Crippen LogP contribution < -0.4 is 5.32 Å². The number of anilines is 1. The van der Waals surface area contributed by atoms with Crippen LogP contribution in [0.1, 0.15) is 17.1 Å². The fraction of sp³-hybridized carbons (Fsp3) is 0.176. The highest BCUT2D eigenvalue weighted by Gasteiger charge is 2.36. The van der Waals surface area contributed by atoms with E-state index in [0.29, 0.717) is 18.1 Å². The molecular formula is C17H14F3N7. The number of aromatic nitrogens is 6. The molecule has 0 radical (unpaired) electrons. The molecule has 0 atom stereocenters. The number of alkyl halides is 3. The van der Waals surface area contributed by atoms with E-state index in [9.17, 15) is 13.2 Å². The number of H-pyrrole nitrogens is 1. The van der Waals surface area contributed by atoms with E-state index in [0.717, 1.165) is 21.3 Å². The van der Waals surface area contributed by atoms with Crippen molar-refractivity contribution in [3.05, 3.63) is 59.7 Å². The second kappa shape index (κ2) is 6.38. The number of halogens is 3. The van der Waals surface area contributed by atoms with Gasteiger partial charge in [0.25, 0.3) is 11.6 Å². The molecule has 0 amide bonds. The van der Waals surface area contributed by atoms with Crippen molar-refractivity contribution in [2.75, 3.05) is 5.32 Å². The Bertz CT molecular complexity index is 1070. The molecule has 4 aromatic rings. The van der Waals surface area contributed by atoms with Crippen molar-refractivity contribution in [1.82, 2.24) is 29.8 Å². The molecule has 0 fully saturated rings. The van der Waals surface area contributed by atoms with Gasteiger partial charge >= 0.3 is 6.18 Å². The minimum atomic E-state index is -4.62. The van der Waals surface area contributed by atoms with Crippen LogP contribution in [-0.4, -0.2) is 29.8 Å². The minimum Gasteiger partial charge on any atom is -0.366 e. The summed E-state index contributed by atoms with van der Waals surface area (Å²) in [6.07, 6.45) is -2.95. The molecule has 2 N–H and O–H groups in total. The predicted octanol–water partition coefficient (Wildman–Crippen LogP) is 3.45. The Kier molecular flexibility index (Phi) is 4.02. The maximum Gasteiger partial charge on any atom is 0.453 e. The summed E-state index contributed by atoms with van der Waals surface area (Å²) >= 11 is 0. The van der Waals surface area contributed by atoms with E-state index in [1.807, 2.05) is 30.3 Å². The largest absolute Gasteiger partial charge is 0.453 e. The minimum absolute atomic E-state index is 0.0978. The van der Waals surface area contributed by atoms with Crippen LogP contribution in [0.4, 0.5) is 19.0 Å². The van der Waals surface area contributed by atoms with Gasteiger partial charge in [-0.1, -0.05) is 24.3 Å². The predicted molar refractivity (Wildman–Crippen MR) is 91.9 cm³/mol. The number of rotatable bonds is 4. The first kappa shape index (κ1) is 17.0. The van der Waals surface area contributed by atoms with Crippen LogP contribution in [0.25, 0.3) is 17.0 Å². The van der Waals surface area contributed by atoms with E-state index in [4.69, 9.17) is 0 Å². The smallest absolute Gasteiger partial charge is 0.366 e. The third-order valence-corrected chi connectivity index (χ3v) is 3.93. The molecule has 10 heteroatoms. The van der Waals surface area contributed by atoms with Crippen molar-refractivity contribution in [2.24, 2.45) is 0 Å². The Morgan fingerprint density at radius 3 is 2.56 bits per heavy atom. The molecule has 0 bridgehead atoms. The number of hydrogen-bond donors (Lipinski definition) is 2. The molecule has 3 heterocycles. The highest BCUT2D eigenvalue weighted by atomic mass is 19.4. The van der Waals surface area contributed by atoms with Crippen molar-refractivity contribution in [3.63, 3.8) is 0 Å². The van der Waals surface area contributed by atoms with Crippen LogP contribution in [0.3, 0.4) is 0 Å². The Labute approximate surface area is 151 Å². The van der Waals surface area contributed by atoms with Crippen LogP contribution in [0.2, 0.25) is 0 Å². The topological polar surface area (TPSA) is 83.8 Å². The number of aromatic amines is 1. The maximum atomic E-state index is 12.9. The quantitative estimate of drug-likeness (QED) is 0.572. The van der Waals surface area contributed by atoms with E-state index >= 15 is 0 Å². The second-order valence-electron chi connectivity index (χ2n) is 5.95. The molecule has 0 spiro atoms. The lowest BCUT2D eigenvalue weighted by molar-refractivity contribution is -0.144. The average Bonchev–Trinajstić information content (AvgIpc) is 3.29. The summed E-state index contributed by atoms with van der Waals surface area (Å²) in [4.78, 5) is 7.47. The Hall–Kier alpha value is -3.43. The van der Waals surface area contributed by atoms with E-state index in [2.05, 4.69) is 30.6 Å². The molecule has 0 aliphatic carbocycles. The van der Waals surface area contributed by atoms with Gasteiger partial charge in [-0.2, -0.15) is 27.8 Å². The van der Waals surface area contributed by atoms with Gasteiger partial charge in [-0.3, -0.25) is 5.10 Å². The zero-order valence-corrected chi connectivity index (χ0v) is 14.1. The highest BCUT2D eigenvalue weighted by Crippen LogP contribution is 2.27. The lowest BCUT2D eigenvalue weighted by Gasteiger charge is -2.09. The lowest BCUT2D eigenvalue weighted by atomic mass is 10.1. The van der Waals surface area contributed by atoms with Crippen LogP contribution >= 0.6 is 0 Å². The van der Waals surface area contributed by atoms with E-state index in [1.165, 1.54) is 0 Å². The molecule has 0 unspecified atom stereocenters. The van der Waals surface area contributed by atoms with Gasteiger partial charge in [-0.25, -0.2) is 4.98 Å². The fourth-order valence-electron chi connectivity index (χ4n) is 2.64. The van der Waals surface area contributed by atoms with Crippen molar-refractivity contribution < 1.29 is 13.2 Å². The number of fused-ring (bicyclic) bond motifs is 1. The summed E-state index contributed by atoms with van der Waals surface area (Å²) < 4.78 is 39.7. The summed E-state index contributed by atoms with van der Waals surface area (Å²) in [5, 5.41) is 13.4. The van der Waals surface area contributed by atoms with E-state index in [-0.39, 0.29) is 5.78 Å². The van der Waals surface area contributed by atoms with Crippen molar-refractivity contribution in [1.29, 1.82) is 0 Å². The van der Waals surface area contributed by atoms with Crippen molar-refractivity contribution in [2.45, 2.75) is 19.6 Å². The molecular weight excluding hydrogens is 359 g/mol. The fourth-order valence-corrected chi connectivity index (χ4v) is 2.64. The van der Waals surface area contributed by atoms with Crippen molar-refractivity contribution in [3.8, 4) is 11.3 Å². The first-order valence-electron chi connectivity index (χ1n) is 8.04. The SMILES string of the molecule is Cc1cc(NCc2ccc(-c3ccn[nH]3)cc2)n2nc(C(F)(F)F)nc2n1. The molecule has 1 aromatic carbocycles. The zero-order valence-electron chi connectivity index (χ0n) is 14.1. The highest BCUT2D eigenvalue weighted by molar-refractivity contribution is 5.58. The molecule has 7 nitrogen and oxygen atoms in total. The lowest BCUT2D eigenvalue weighted by Crippen LogP contribution is -2.09. The number of aryl methyl sites for hydroxylation is 1. The van der Waals surface area contributed by atoms with Gasteiger partial charge in [-0.05, 0) is 24.1 Å². The first-order valence-corrected chi connectivity index (χ1v) is 8.04. The third-order valence-electron chi connectivity index (χ3n) is 3.93. The van der Waals surface area contributed by atoms with Crippen LogP contribution in [0.5, 0.6) is 0 Å². The Morgan fingerprint density at radius 1 is 1.11 bits per heavy atom. The zero-order chi connectivity index (χ0) is 19.0. The molecule has 0 aliphatic heterocycles. The van der Waals surface area contributed by atoms with Crippen LogP contribution in [-0.2, 0) is 12.7 Å². The molecule has 138 valence electrons. The summed E-state index contributed by atoms with van der Waals surface area (Å²) in [5.74, 6) is -0.926. The molecule has 3 aromatic heterocycles. The molecule has 27 heavy (non-hydrogen) atoms. The monoisotopic (exact) mass is 373 g/mol. The molecule has 4 rings (SSSR count). The number of benzene rings is 1. The Balaban J connectivity index is 1.57. The summed E-state index contributed by atoms with van der Waals surface area (Å²) in [7, 11) is 0. The van der Waals surface area contributed by atoms with Gasteiger partial charge in [0.2, 0.25) is 0 Å². The van der Waals surface area contributed by atoms with E-state index < -0.39 is 12.0 Å². The average molecular weight is 373 g/mol. The first-order chi connectivity index (χ1) is 12.9. The van der Waals surface area contributed by atoms with Gasteiger partial charge in [0, 0.05) is 24.5 Å². The summed E-state index contributed by atoms with van der Waals surface area (Å²) in [6.45, 7) is 2.09. The van der Waals surface area contributed by atoms with Crippen molar-refractivity contribution >= 4 is 11.6 Å². The Morgan fingerprint density at radius 2 is 1.89 bits per heavy atom. The van der Waals surface area contributed by atoms with Gasteiger partial charge in [0.05, 0.1) is 5.69 Å². The van der Waals surface area contributed by atoms with Gasteiger partial charge < -0.3 is 5.32 Å². The van der Waals surface area contributed by atoms with Crippen LogP contribution in [0.15, 0.2) is 42.6 Å². The standard InChI is InChI=1S/C17H14F3N7/c1-10-8-14(27-16(23-10)24-15(26-27)17(18,19)20)21-9-11-2-4-12(5-3-11)13-6-7-22-25-13/h2-8,21H,9H2,1H3,(H,22,25). The normalized spacial score (nSPS) is 11.9. The molecule has 0 saturated carbocycles. The van der Waals surface area contributed by atoms with E-state index in [1.54, 1.807) is 19.2 Å². The second-order valence-corrected chi connectivity index (χ2v) is 5.95.